The number of nitrogens with zero attached hydrogens (tertiary/aromatic N) is 3. The Balaban J connectivity index is 1.60. The van der Waals surface area contributed by atoms with Crippen LogP contribution in [0.15, 0.2) is 42.7 Å². The number of halogens is 3. The molecule has 31 heavy (non-hydrogen) atoms. The molecule has 8 heteroatoms. The lowest BCUT2D eigenvalue weighted by atomic mass is 9.96. The number of ketones is 1. The predicted octanol–water partition coefficient (Wildman–Crippen LogP) is 4.12. The van der Waals surface area contributed by atoms with Crippen LogP contribution in [0.5, 0.6) is 0 Å². The van der Waals surface area contributed by atoms with Gasteiger partial charge in [-0.2, -0.15) is 5.26 Å². The zero-order chi connectivity index (χ0) is 22.4. The molecule has 1 fully saturated rings. The number of alkyl halides is 2. The molecular formula is C23H22F3N3O2. The number of nitriles is 1. The fourth-order valence-corrected chi connectivity index (χ4v) is 3.68. The third-order valence-corrected chi connectivity index (χ3v) is 5.42. The molecule has 1 saturated heterocycles. The topological polar surface area (TPSA) is 74.1 Å². The Labute approximate surface area is 178 Å². The van der Waals surface area contributed by atoms with Gasteiger partial charge in [0.05, 0.1) is 6.07 Å². The Morgan fingerprint density at radius 3 is 2.61 bits per heavy atom. The molecule has 162 valence electrons. The van der Waals surface area contributed by atoms with Crippen LogP contribution in [-0.4, -0.2) is 40.1 Å². The molecule has 2 heterocycles. The van der Waals surface area contributed by atoms with Gasteiger partial charge >= 0.3 is 0 Å². The number of hydrogen-bond donors (Lipinski definition) is 0. The second-order valence-corrected chi connectivity index (χ2v) is 7.62. The number of amides is 1. The van der Waals surface area contributed by atoms with Crippen molar-refractivity contribution >= 4 is 11.7 Å². The Morgan fingerprint density at radius 1 is 1.16 bits per heavy atom. The molecule has 0 aliphatic carbocycles. The Morgan fingerprint density at radius 2 is 1.90 bits per heavy atom. The van der Waals surface area contributed by atoms with Crippen molar-refractivity contribution in [2.45, 2.75) is 50.5 Å². The van der Waals surface area contributed by atoms with Crippen LogP contribution < -0.4 is 0 Å². The molecule has 1 aromatic carbocycles. The highest BCUT2D eigenvalue weighted by Gasteiger charge is 2.42. The SMILES string of the molecule is N#C[C@@H]1CC(F)(F)CCN1C(=O)CCC(=O)c1ccncc1CCc1ccc(F)cc1. The number of benzene rings is 1. The number of rotatable bonds is 7. The van der Waals surface area contributed by atoms with Crippen molar-refractivity contribution in [3.05, 3.63) is 65.2 Å². The lowest BCUT2D eigenvalue weighted by Gasteiger charge is -2.35. The molecular weight excluding hydrogens is 407 g/mol. The van der Waals surface area contributed by atoms with Crippen molar-refractivity contribution in [1.82, 2.24) is 9.88 Å². The summed E-state index contributed by atoms with van der Waals surface area (Å²) in [5.41, 5.74) is 2.09. The van der Waals surface area contributed by atoms with Crippen molar-refractivity contribution in [1.29, 1.82) is 5.26 Å². The smallest absolute Gasteiger partial charge is 0.252 e. The number of pyridine rings is 1. The molecule has 1 aliphatic rings. The first kappa shape index (κ1) is 22.5. The van der Waals surface area contributed by atoms with Gasteiger partial charge in [-0.1, -0.05) is 12.1 Å². The van der Waals surface area contributed by atoms with Crippen molar-refractivity contribution in [2.75, 3.05) is 6.54 Å². The second-order valence-electron chi connectivity index (χ2n) is 7.62. The van der Waals surface area contributed by atoms with E-state index in [0.29, 0.717) is 18.4 Å². The number of aromatic nitrogens is 1. The summed E-state index contributed by atoms with van der Waals surface area (Å²) in [6.45, 7) is -0.198. The van der Waals surface area contributed by atoms with E-state index in [1.807, 2.05) is 0 Å². The van der Waals surface area contributed by atoms with E-state index in [1.165, 1.54) is 18.3 Å². The molecule has 0 bridgehead atoms. The maximum absolute atomic E-state index is 13.5. The molecule has 5 nitrogen and oxygen atoms in total. The Bertz CT molecular complexity index is 986. The molecule has 0 saturated carbocycles. The second kappa shape index (κ2) is 9.73. The van der Waals surface area contributed by atoms with Crippen molar-refractivity contribution in [2.24, 2.45) is 0 Å². The third kappa shape index (κ3) is 5.91. The predicted molar refractivity (Wildman–Crippen MR) is 107 cm³/mol. The minimum Gasteiger partial charge on any atom is -0.326 e. The zero-order valence-corrected chi connectivity index (χ0v) is 16.9. The summed E-state index contributed by atoms with van der Waals surface area (Å²) in [5, 5.41) is 9.13. The van der Waals surface area contributed by atoms with E-state index in [1.54, 1.807) is 30.5 Å². The summed E-state index contributed by atoms with van der Waals surface area (Å²) < 4.78 is 40.1. The normalized spacial score (nSPS) is 17.7. The fourth-order valence-electron chi connectivity index (χ4n) is 3.68. The van der Waals surface area contributed by atoms with Crippen LogP contribution in [0.2, 0.25) is 0 Å². The van der Waals surface area contributed by atoms with Crippen LogP contribution in [0, 0.1) is 17.1 Å². The number of hydrogen-bond acceptors (Lipinski definition) is 4. The molecule has 0 radical (unpaired) electrons. The van der Waals surface area contributed by atoms with Gasteiger partial charge in [0.1, 0.15) is 11.9 Å². The zero-order valence-electron chi connectivity index (χ0n) is 16.9. The molecule has 1 aliphatic heterocycles. The minimum absolute atomic E-state index is 0.0859. The maximum Gasteiger partial charge on any atom is 0.252 e. The largest absolute Gasteiger partial charge is 0.326 e. The minimum atomic E-state index is -2.95. The van der Waals surface area contributed by atoms with Gasteiger partial charge in [-0.05, 0) is 42.2 Å². The Hall–Kier alpha value is -3.21. The van der Waals surface area contributed by atoms with Gasteiger partial charge in [0.15, 0.2) is 5.78 Å². The van der Waals surface area contributed by atoms with Crippen molar-refractivity contribution < 1.29 is 22.8 Å². The molecule has 0 spiro atoms. The van der Waals surface area contributed by atoms with Crippen molar-refractivity contribution in [3.8, 4) is 6.07 Å². The van der Waals surface area contributed by atoms with Gasteiger partial charge < -0.3 is 4.90 Å². The van der Waals surface area contributed by atoms with Crippen LogP contribution in [-0.2, 0) is 17.6 Å². The summed E-state index contributed by atoms with van der Waals surface area (Å²) in [6.07, 6.45) is 2.80. The van der Waals surface area contributed by atoms with Gasteiger partial charge in [-0.3, -0.25) is 14.6 Å². The van der Waals surface area contributed by atoms with Gasteiger partial charge in [-0.15, -0.1) is 0 Å². The van der Waals surface area contributed by atoms with Gasteiger partial charge in [0.25, 0.3) is 5.92 Å². The van der Waals surface area contributed by atoms with Gasteiger partial charge in [0.2, 0.25) is 5.91 Å². The maximum atomic E-state index is 13.5. The summed E-state index contributed by atoms with van der Waals surface area (Å²) in [6, 6.07) is 8.28. The molecule has 1 aromatic heterocycles. The van der Waals surface area contributed by atoms with Crippen LogP contribution in [0.4, 0.5) is 13.2 Å². The molecule has 0 N–H and O–H groups in total. The fraction of sp³-hybridized carbons (Fsp3) is 0.391. The summed E-state index contributed by atoms with van der Waals surface area (Å²) in [5.74, 6) is -4.00. The number of Topliss-reactive ketones (excluding diaryl/α,β-unsaturated/α-hetero) is 1. The highest BCUT2D eigenvalue weighted by Crippen LogP contribution is 2.32. The first-order chi connectivity index (χ1) is 14.8. The molecule has 3 rings (SSSR count). The summed E-state index contributed by atoms with van der Waals surface area (Å²) in [4.78, 5) is 30.4. The number of carbonyl (C=O) groups is 2. The molecule has 1 atom stereocenters. The number of carbonyl (C=O) groups excluding carboxylic acids is 2. The average Bonchev–Trinajstić information content (AvgIpc) is 2.76. The molecule has 1 amide bonds. The highest BCUT2D eigenvalue weighted by molar-refractivity contribution is 5.99. The highest BCUT2D eigenvalue weighted by atomic mass is 19.3. The third-order valence-electron chi connectivity index (χ3n) is 5.42. The first-order valence-corrected chi connectivity index (χ1v) is 10.1. The average molecular weight is 429 g/mol. The lowest BCUT2D eigenvalue weighted by molar-refractivity contribution is -0.140. The van der Waals surface area contributed by atoms with E-state index < -0.39 is 30.7 Å². The summed E-state index contributed by atoms with van der Waals surface area (Å²) >= 11 is 0. The van der Waals surface area contributed by atoms with E-state index in [2.05, 4.69) is 4.98 Å². The van der Waals surface area contributed by atoms with E-state index in [0.717, 1.165) is 16.0 Å². The molecule has 2 aromatic rings. The van der Waals surface area contributed by atoms with E-state index >= 15 is 0 Å². The standard InChI is InChI=1S/C23H22F3N3O2/c24-18-5-2-16(3-6-18)1-4-17-15-28-11-9-20(17)21(30)7-8-22(31)29-12-10-23(25,26)13-19(29)14-27/h2-3,5-6,9,11,15,19H,1,4,7-8,10,12-13H2/t19-/m0/s1. The first-order valence-electron chi connectivity index (χ1n) is 10.1. The van der Waals surface area contributed by atoms with Crippen molar-refractivity contribution in [3.63, 3.8) is 0 Å². The summed E-state index contributed by atoms with van der Waals surface area (Å²) in [7, 11) is 0. The van der Waals surface area contributed by atoms with Crippen LogP contribution in [0.3, 0.4) is 0 Å². The number of piperidine rings is 1. The lowest BCUT2D eigenvalue weighted by Crippen LogP contribution is -2.49. The van der Waals surface area contributed by atoms with Gasteiger partial charge in [0, 0.05) is 50.2 Å². The van der Waals surface area contributed by atoms with Gasteiger partial charge in [-0.25, -0.2) is 13.2 Å². The van der Waals surface area contributed by atoms with E-state index in [9.17, 15) is 22.8 Å². The van der Waals surface area contributed by atoms with Crippen LogP contribution in [0.1, 0.15) is 47.2 Å². The Kier molecular flexibility index (Phi) is 7.06. The van der Waals surface area contributed by atoms with E-state index in [-0.39, 0.29) is 31.0 Å². The monoisotopic (exact) mass is 429 g/mol. The quantitative estimate of drug-likeness (QED) is 0.621. The number of aryl methyl sites for hydroxylation is 2. The van der Waals surface area contributed by atoms with Crippen LogP contribution in [0.25, 0.3) is 0 Å². The molecule has 0 unspecified atom stereocenters. The number of likely N-dealkylation sites (tertiary alicyclic amines) is 1. The van der Waals surface area contributed by atoms with E-state index in [4.69, 9.17) is 5.26 Å². The van der Waals surface area contributed by atoms with Crippen LogP contribution >= 0.6 is 0 Å².